The molecular weight excluding hydrogens is 553 g/mol. The van der Waals surface area contributed by atoms with E-state index < -0.39 is 14.4 Å². The highest BCUT2D eigenvalue weighted by Crippen LogP contribution is 2.37. The van der Waals surface area contributed by atoms with Crippen molar-refractivity contribution in [1.29, 1.82) is 0 Å². The second-order valence-corrected chi connectivity index (χ2v) is 18.1. The Morgan fingerprint density at radius 3 is 1.59 bits per heavy atom. The number of hydrogen-bond donors (Lipinski definition) is 1. The van der Waals surface area contributed by atoms with Gasteiger partial charge in [-0.3, -0.25) is 0 Å². The van der Waals surface area contributed by atoms with E-state index >= 15 is 0 Å². The van der Waals surface area contributed by atoms with Crippen molar-refractivity contribution < 1.29 is 9.53 Å². The van der Waals surface area contributed by atoms with Crippen LogP contribution in [0.5, 0.6) is 0 Å². The van der Waals surface area contributed by atoms with Crippen molar-refractivity contribution in [3.05, 3.63) is 119 Å². The van der Waals surface area contributed by atoms with Gasteiger partial charge in [0.2, 0.25) is 0 Å². The van der Waals surface area contributed by atoms with Crippen molar-refractivity contribution in [2.75, 3.05) is 6.61 Å². The summed E-state index contributed by atoms with van der Waals surface area (Å²) in [5.74, 6) is 0. The quantitative estimate of drug-likeness (QED) is 0.103. The Hall–Kier alpha value is -2.72. The van der Waals surface area contributed by atoms with Crippen LogP contribution in [0, 0.1) is 0 Å². The van der Waals surface area contributed by atoms with Crippen molar-refractivity contribution in [3.63, 3.8) is 0 Å². The molecule has 0 fully saturated rings. The average molecular weight is 613 g/mol. The van der Waals surface area contributed by atoms with Gasteiger partial charge in [0.05, 0.1) is 12.7 Å². The van der Waals surface area contributed by atoms with E-state index in [-0.39, 0.29) is 5.04 Å². The first-order valence-corrected chi connectivity index (χ1v) is 18.5. The Morgan fingerprint density at radius 1 is 0.705 bits per heavy atom. The van der Waals surface area contributed by atoms with Crippen LogP contribution in [0.1, 0.15) is 107 Å². The van der Waals surface area contributed by atoms with Crippen LogP contribution in [-0.4, -0.2) is 26.1 Å². The van der Waals surface area contributed by atoms with Crippen LogP contribution >= 0.6 is 0 Å². The van der Waals surface area contributed by atoms with Crippen molar-refractivity contribution in [2.45, 2.75) is 118 Å². The zero-order valence-corrected chi connectivity index (χ0v) is 30.1. The zero-order valence-electron chi connectivity index (χ0n) is 29.1. The Bertz CT molecular complexity index is 1220. The minimum absolute atomic E-state index is 0.103. The molecule has 44 heavy (non-hydrogen) atoms. The maximum Gasteiger partial charge on any atom is 0.261 e. The lowest BCUT2D eigenvalue weighted by atomic mass is 10.0. The van der Waals surface area contributed by atoms with Gasteiger partial charge >= 0.3 is 0 Å². The predicted molar refractivity (Wildman–Crippen MR) is 196 cm³/mol. The average Bonchev–Trinajstić information content (AvgIpc) is 2.98. The lowest BCUT2D eigenvalue weighted by molar-refractivity contribution is 0.181. The summed E-state index contributed by atoms with van der Waals surface area (Å²) in [7, 11) is -2.65. The number of hydrogen-bond acceptors (Lipinski definition) is 2. The third kappa shape index (κ3) is 12.3. The Balaban J connectivity index is 1.88. The topological polar surface area (TPSA) is 29.5 Å². The van der Waals surface area contributed by atoms with E-state index in [0.717, 1.165) is 50.5 Å². The summed E-state index contributed by atoms with van der Waals surface area (Å²) >= 11 is 0. The second-order valence-electron chi connectivity index (χ2n) is 13.8. The van der Waals surface area contributed by atoms with Crippen LogP contribution in [0.4, 0.5) is 0 Å². The first kappa shape index (κ1) is 37.5. The monoisotopic (exact) mass is 612 g/mol. The molecule has 1 atom stereocenters. The summed E-state index contributed by atoms with van der Waals surface area (Å²) in [6.45, 7) is 22.4. The van der Waals surface area contributed by atoms with Crippen LogP contribution in [0.15, 0.2) is 119 Å². The van der Waals surface area contributed by atoms with Crippen molar-refractivity contribution in [1.82, 2.24) is 0 Å². The van der Waals surface area contributed by atoms with Gasteiger partial charge in [0, 0.05) is 0 Å². The molecule has 0 aliphatic heterocycles. The molecule has 0 spiro atoms. The van der Waals surface area contributed by atoms with Gasteiger partial charge in [-0.05, 0) is 107 Å². The fraction of sp³-hybridized carbons (Fsp3) is 0.463. The lowest BCUT2D eigenvalue weighted by Crippen LogP contribution is -2.66. The van der Waals surface area contributed by atoms with Gasteiger partial charge in [0.15, 0.2) is 0 Å². The van der Waals surface area contributed by atoms with Crippen molar-refractivity contribution in [3.8, 4) is 0 Å². The molecule has 1 unspecified atom stereocenters. The molecule has 2 aromatic rings. The summed E-state index contributed by atoms with van der Waals surface area (Å²) in [6, 6.07) is 21.3. The van der Waals surface area contributed by atoms with E-state index in [4.69, 9.17) is 4.43 Å². The molecular formula is C41H60O2Si. The molecule has 2 nitrogen and oxygen atoms in total. The van der Waals surface area contributed by atoms with E-state index in [1.165, 1.54) is 32.7 Å². The molecule has 240 valence electrons. The van der Waals surface area contributed by atoms with Gasteiger partial charge in [-0.25, -0.2) is 0 Å². The normalized spacial score (nSPS) is 14.0. The Labute approximate surface area is 271 Å². The number of allylic oxidation sites excluding steroid dienone is 8. The smallest absolute Gasteiger partial charge is 0.261 e. The molecule has 2 rings (SSSR count). The standard InChI is InChI=1S/C41H60O2Si/c1-33(2)20-18-23-35(4)25-19-24-34(3)21-16-17-22-36(5)30-31-40(42)37(6)32-43-44(41(7,8)9,38-26-12-10-13-27-38)39-28-14-11-15-29-39/h10-15,20-22,25-29,40,42H,6,16-19,23-24,30-32H2,1-5,7-9H3/b34-21+,35-25+,36-22+. The number of unbranched alkanes of at least 4 members (excludes halogenated alkanes) is 1. The largest absolute Gasteiger partial charge is 0.403 e. The molecule has 2 aromatic carbocycles. The molecule has 0 saturated heterocycles. The maximum absolute atomic E-state index is 11.0. The molecule has 0 heterocycles. The summed E-state index contributed by atoms with van der Waals surface area (Å²) < 4.78 is 6.98. The summed E-state index contributed by atoms with van der Waals surface area (Å²) in [5.41, 5.74) is 6.45. The van der Waals surface area contributed by atoms with Gasteiger partial charge in [0.25, 0.3) is 8.32 Å². The molecule has 3 heteroatoms. The van der Waals surface area contributed by atoms with Crippen molar-refractivity contribution >= 4 is 18.7 Å². The highest BCUT2D eigenvalue weighted by molar-refractivity contribution is 6.99. The van der Waals surface area contributed by atoms with Gasteiger partial charge in [-0.1, -0.05) is 135 Å². The minimum Gasteiger partial charge on any atom is -0.403 e. The Kier molecular flexibility index (Phi) is 16.1. The van der Waals surface area contributed by atoms with Gasteiger partial charge in [-0.2, -0.15) is 0 Å². The number of aliphatic hydroxyl groups is 1. The summed E-state index contributed by atoms with van der Waals surface area (Å²) in [4.78, 5) is 0. The van der Waals surface area contributed by atoms with Crippen LogP contribution in [-0.2, 0) is 4.43 Å². The molecule has 0 aromatic heterocycles. The summed E-state index contributed by atoms with van der Waals surface area (Å²) in [6.07, 6.45) is 17.0. The third-order valence-electron chi connectivity index (χ3n) is 8.45. The maximum atomic E-state index is 11.0. The van der Waals surface area contributed by atoms with E-state index in [0.29, 0.717) is 13.0 Å². The molecule has 0 aliphatic rings. The van der Waals surface area contributed by atoms with E-state index in [9.17, 15) is 5.11 Å². The number of rotatable bonds is 18. The fourth-order valence-corrected chi connectivity index (χ4v) is 10.3. The van der Waals surface area contributed by atoms with Gasteiger partial charge < -0.3 is 9.53 Å². The molecule has 0 amide bonds. The molecule has 1 N–H and O–H groups in total. The first-order valence-electron chi connectivity index (χ1n) is 16.6. The van der Waals surface area contributed by atoms with Crippen LogP contribution < -0.4 is 10.4 Å². The highest BCUT2D eigenvalue weighted by Gasteiger charge is 2.50. The molecule has 0 saturated carbocycles. The molecule has 0 bridgehead atoms. The van der Waals surface area contributed by atoms with Gasteiger partial charge in [-0.15, -0.1) is 0 Å². The fourth-order valence-electron chi connectivity index (χ4n) is 5.73. The second kappa shape index (κ2) is 18.9. The molecule has 0 radical (unpaired) electrons. The minimum atomic E-state index is -2.65. The number of benzene rings is 2. The predicted octanol–water partition coefficient (Wildman–Crippen LogP) is 10.4. The zero-order chi connectivity index (χ0) is 32.6. The summed E-state index contributed by atoms with van der Waals surface area (Å²) in [5, 5.41) is 13.4. The SMILES string of the molecule is C=C(CO[Si](c1ccccc1)(c1ccccc1)C(C)(C)C)C(O)CC/C(C)=C/CC/C=C(\C)CC/C=C(\C)CCC=C(C)C. The molecule has 0 aliphatic carbocycles. The lowest BCUT2D eigenvalue weighted by Gasteiger charge is -2.43. The van der Waals surface area contributed by atoms with Crippen molar-refractivity contribution in [2.24, 2.45) is 0 Å². The van der Waals surface area contributed by atoms with E-state index in [1.54, 1.807) is 0 Å². The first-order chi connectivity index (χ1) is 20.9. The van der Waals surface area contributed by atoms with E-state index in [2.05, 4.69) is 147 Å². The van der Waals surface area contributed by atoms with E-state index in [1.807, 2.05) is 0 Å². The van der Waals surface area contributed by atoms with Crippen LogP contribution in [0.2, 0.25) is 5.04 Å². The highest BCUT2D eigenvalue weighted by atomic mass is 28.4. The Morgan fingerprint density at radius 2 is 1.14 bits per heavy atom. The van der Waals surface area contributed by atoms with Gasteiger partial charge in [0.1, 0.15) is 0 Å². The van der Waals surface area contributed by atoms with Crippen LogP contribution in [0.25, 0.3) is 0 Å². The van der Waals surface area contributed by atoms with Crippen LogP contribution in [0.3, 0.4) is 0 Å². The number of aliphatic hydroxyl groups excluding tert-OH is 1. The third-order valence-corrected chi connectivity index (χ3v) is 13.4.